The number of hydrogen-bond donors (Lipinski definition) is 2. The summed E-state index contributed by atoms with van der Waals surface area (Å²) in [6.45, 7) is 5.87. The Kier molecular flexibility index (Phi) is 4.95. The van der Waals surface area contributed by atoms with Gasteiger partial charge in [0, 0.05) is 25.5 Å². The largest absolute Gasteiger partial charge is 0.478 e. The van der Waals surface area contributed by atoms with Crippen LogP contribution in [0.2, 0.25) is 0 Å². The summed E-state index contributed by atoms with van der Waals surface area (Å²) in [4.78, 5) is 15.5. The minimum atomic E-state index is -0.942. The first-order valence-corrected chi connectivity index (χ1v) is 7.11. The van der Waals surface area contributed by atoms with Gasteiger partial charge in [0.1, 0.15) is 5.56 Å². The first kappa shape index (κ1) is 14.8. The van der Waals surface area contributed by atoms with Crippen LogP contribution < -0.4 is 5.32 Å². The SMILES string of the molecule is Cc1cc(NCCCOCC2CC2)c(C(=O)O)c(C)n1. The van der Waals surface area contributed by atoms with E-state index in [4.69, 9.17) is 4.74 Å². The number of aromatic nitrogens is 1. The maximum atomic E-state index is 11.3. The molecule has 20 heavy (non-hydrogen) atoms. The second-order valence-corrected chi connectivity index (χ2v) is 5.38. The Labute approximate surface area is 119 Å². The molecule has 1 saturated carbocycles. The summed E-state index contributed by atoms with van der Waals surface area (Å²) >= 11 is 0. The molecule has 1 fully saturated rings. The van der Waals surface area contributed by atoms with Crippen molar-refractivity contribution in [3.8, 4) is 0 Å². The number of rotatable bonds is 8. The standard InChI is InChI=1S/C15H22N2O3/c1-10-8-13(14(15(18)19)11(2)17-10)16-6-3-7-20-9-12-4-5-12/h8,12H,3-7,9H2,1-2H3,(H,16,17)(H,18,19). The van der Waals surface area contributed by atoms with E-state index < -0.39 is 5.97 Å². The molecule has 5 nitrogen and oxygen atoms in total. The molecule has 110 valence electrons. The number of aryl methyl sites for hydroxylation is 2. The number of nitrogens with zero attached hydrogens (tertiary/aromatic N) is 1. The average molecular weight is 278 g/mol. The molecule has 1 heterocycles. The van der Waals surface area contributed by atoms with E-state index in [9.17, 15) is 9.90 Å². The van der Waals surface area contributed by atoms with Gasteiger partial charge in [0.2, 0.25) is 0 Å². The van der Waals surface area contributed by atoms with Crippen LogP contribution in [-0.4, -0.2) is 35.8 Å². The number of anilines is 1. The van der Waals surface area contributed by atoms with Crippen molar-refractivity contribution in [3.05, 3.63) is 23.0 Å². The quantitative estimate of drug-likeness (QED) is 0.715. The van der Waals surface area contributed by atoms with E-state index in [-0.39, 0.29) is 5.56 Å². The Morgan fingerprint density at radius 3 is 2.90 bits per heavy atom. The zero-order valence-electron chi connectivity index (χ0n) is 12.1. The van der Waals surface area contributed by atoms with E-state index in [1.54, 1.807) is 13.0 Å². The van der Waals surface area contributed by atoms with Crippen LogP contribution in [0.1, 0.15) is 41.0 Å². The van der Waals surface area contributed by atoms with Gasteiger partial charge in [-0.25, -0.2) is 4.79 Å². The van der Waals surface area contributed by atoms with Crippen LogP contribution >= 0.6 is 0 Å². The van der Waals surface area contributed by atoms with Gasteiger partial charge in [0.05, 0.1) is 11.4 Å². The topological polar surface area (TPSA) is 71.5 Å². The van der Waals surface area contributed by atoms with Crippen molar-refractivity contribution in [2.75, 3.05) is 25.1 Å². The number of hydrogen-bond acceptors (Lipinski definition) is 4. The Morgan fingerprint density at radius 1 is 1.50 bits per heavy atom. The highest BCUT2D eigenvalue weighted by Gasteiger charge is 2.20. The fraction of sp³-hybridized carbons (Fsp3) is 0.600. The molecule has 0 aromatic carbocycles. The van der Waals surface area contributed by atoms with Crippen LogP contribution in [0, 0.1) is 19.8 Å². The molecule has 2 N–H and O–H groups in total. The van der Waals surface area contributed by atoms with E-state index >= 15 is 0 Å². The van der Waals surface area contributed by atoms with Gasteiger partial charge in [-0.3, -0.25) is 4.98 Å². The maximum Gasteiger partial charge on any atom is 0.339 e. The highest BCUT2D eigenvalue weighted by molar-refractivity contribution is 5.95. The van der Waals surface area contributed by atoms with Crippen LogP contribution in [0.3, 0.4) is 0 Å². The lowest BCUT2D eigenvalue weighted by Gasteiger charge is -2.12. The van der Waals surface area contributed by atoms with E-state index in [0.29, 0.717) is 17.9 Å². The summed E-state index contributed by atoms with van der Waals surface area (Å²) in [6.07, 6.45) is 3.47. The summed E-state index contributed by atoms with van der Waals surface area (Å²) in [5.74, 6) is -0.158. The van der Waals surface area contributed by atoms with Crippen molar-refractivity contribution in [1.29, 1.82) is 0 Å². The minimum absolute atomic E-state index is 0.259. The normalized spacial score (nSPS) is 14.3. The van der Waals surface area contributed by atoms with Gasteiger partial charge in [-0.2, -0.15) is 0 Å². The summed E-state index contributed by atoms with van der Waals surface area (Å²) in [5.41, 5.74) is 2.27. The lowest BCUT2D eigenvalue weighted by Crippen LogP contribution is -2.12. The molecule has 0 atom stereocenters. The predicted molar refractivity (Wildman–Crippen MR) is 77.3 cm³/mol. The Balaban J connectivity index is 1.82. The van der Waals surface area contributed by atoms with E-state index in [0.717, 1.165) is 31.2 Å². The second-order valence-electron chi connectivity index (χ2n) is 5.38. The minimum Gasteiger partial charge on any atom is -0.478 e. The molecular weight excluding hydrogens is 256 g/mol. The van der Waals surface area contributed by atoms with Gasteiger partial charge in [-0.05, 0) is 45.1 Å². The number of aromatic carboxylic acids is 1. The molecule has 0 saturated heterocycles. The molecule has 1 aromatic heterocycles. The van der Waals surface area contributed by atoms with Crippen molar-refractivity contribution < 1.29 is 14.6 Å². The van der Waals surface area contributed by atoms with Gasteiger partial charge < -0.3 is 15.2 Å². The fourth-order valence-electron chi connectivity index (χ4n) is 2.17. The van der Waals surface area contributed by atoms with Crippen LogP contribution in [0.5, 0.6) is 0 Å². The van der Waals surface area contributed by atoms with Gasteiger partial charge in [-0.1, -0.05) is 0 Å². The highest BCUT2D eigenvalue weighted by Crippen LogP contribution is 2.28. The molecule has 0 spiro atoms. The van der Waals surface area contributed by atoms with Crippen molar-refractivity contribution in [1.82, 2.24) is 4.98 Å². The van der Waals surface area contributed by atoms with Gasteiger partial charge in [-0.15, -0.1) is 0 Å². The maximum absolute atomic E-state index is 11.3. The van der Waals surface area contributed by atoms with Gasteiger partial charge in [0.25, 0.3) is 0 Å². The Bertz CT molecular complexity index is 484. The number of carboxylic acids is 1. The summed E-state index contributed by atoms with van der Waals surface area (Å²) in [6, 6.07) is 1.78. The molecule has 0 bridgehead atoms. The predicted octanol–water partition coefficient (Wildman–Crippen LogP) is 2.63. The molecule has 1 aromatic rings. The number of carboxylic acid groups (broad SMARTS) is 1. The molecule has 0 aliphatic heterocycles. The summed E-state index contributed by atoms with van der Waals surface area (Å²) in [5, 5.41) is 12.4. The van der Waals surface area contributed by atoms with Crippen molar-refractivity contribution in [3.63, 3.8) is 0 Å². The zero-order valence-corrected chi connectivity index (χ0v) is 12.1. The van der Waals surface area contributed by atoms with E-state index in [1.807, 2.05) is 6.92 Å². The molecule has 2 rings (SSSR count). The third-order valence-electron chi connectivity index (χ3n) is 3.37. The molecule has 1 aliphatic rings. The van der Waals surface area contributed by atoms with Crippen molar-refractivity contribution >= 4 is 11.7 Å². The summed E-state index contributed by atoms with van der Waals surface area (Å²) < 4.78 is 5.55. The smallest absolute Gasteiger partial charge is 0.339 e. The fourth-order valence-corrected chi connectivity index (χ4v) is 2.17. The third kappa shape index (κ3) is 4.20. The molecule has 0 amide bonds. The number of nitrogens with one attached hydrogen (secondary N) is 1. The monoisotopic (exact) mass is 278 g/mol. The zero-order chi connectivity index (χ0) is 14.5. The average Bonchev–Trinajstić information content (AvgIpc) is 3.16. The number of pyridine rings is 1. The summed E-state index contributed by atoms with van der Waals surface area (Å²) in [7, 11) is 0. The first-order chi connectivity index (χ1) is 9.58. The Hall–Kier alpha value is -1.62. The van der Waals surface area contributed by atoms with Crippen LogP contribution in [-0.2, 0) is 4.74 Å². The highest BCUT2D eigenvalue weighted by atomic mass is 16.5. The van der Waals surface area contributed by atoms with Gasteiger partial charge >= 0.3 is 5.97 Å². The van der Waals surface area contributed by atoms with Crippen LogP contribution in [0.4, 0.5) is 5.69 Å². The van der Waals surface area contributed by atoms with Crippen LogP contribution in [0.25, 0.3) is 0 Å². The van der Waals surface area contributed by atoms with Gasteiger partial charge in [0.15, 0.2) is 0 Å². The first-order valence-electron chi connectivity index (χ1n) is 7.11. The van der Waals surface area contributed by atoms with Crippen LogP contribution in [0.15, 0.2) is 6.07 Å². The van der Waals surface area contributed by atoms with E-state index in [2.05, 4.69) is 10.3 Å². The molecule has 1 aliphatic carbocycles. The lowest BCUT2D eigenvalue weighted by molar-refractivity contribution is 0.0696. The number of carbonyl (C=O) groups is 1. The third-order valence-corrected chi connectivity index (χ3v) is 3.37. The molecular formula is C15H22N2O3. The molecule has 5 heteroatoms. The van der Waals surface area contributed by atoms with E-state index in [1.165, 1.54) is 12.8 Å². The molecule has 0 radical (unpaired) electrons. The lowest BCUT2D eigenvalue weighted by atomic mass is 10.1. The number of ether oxygens (including phenoxy) is 1. The van der Waals surface area contributed by atoms with Crippen molar-refractivity contribution in [2.45, 2.75) is 33.1 Å². The second kappa shape index (κ2) is 6.70. The van der Waals surface area contributed by atoms with Crippen molar-refractivity contribution in [2.24, 2.45) is 5.92 Å². The molecule has 0 unspecified atom stereocenters. The Morgan fingerprint density at radius 2 is 2.25 bits per heavy atom.